The summed E-state index contributed by atoms with van der Waals surface area (Å²) in [6, 6.07) is 0. The predicted octanol–water partition coefficient (Wildman–Crippen LogP) is 0.531. The average molecular weight is 461 g/mol. The second-order valence-corrected chi connectivity index (χ2v) is 6.11. The highest BCUT2D eigenvalue weighted by Crippen LogP contribution is 1.86. The maximum atomic E-state index is 10.4. The number of hydrogen-bond acceptors (Lipinski definition) is 10. The molecule has 0 bridgehead atoms. The molecule has 0 aliphatic carbocycles. The lowest BCUT2D eigenvalue weighted by atomic mass is 10.6. The number of ether oxygens (including phenoxy) is 9. The first kappa shape index (κ1) is 29.6. The van der Waals surface area contributed by atoms with Gasteiger partial charge in [-0.1, -0.05) is 0 Å². The smallest absolute Gasteiger partial charge is 0.247 e. The Morgan fingerprint density at radius 2 is 0.700 bits per heavy atom. The Labute approximate surface area is 184 Å². The minimum absolute atomic E-state index is 0.100. The summed E-state index contributed by atoms with van der Waals surface area (Å²) in [5.41, 5.74) is 0. The maximum absolute atomic E-state index is 10.4. The zero-order valence-electron chi connectivity index (χ0n) is 18.0. The molecule has 0 unspecified atom stereocenters. The van der Waals surface area contributed by atoms with E-state index in [1.165, 1.54) is 0 Å². The number of carbonyl (C=O) groups is 1. The van der Waals surface area contributed by atoms with E-state index in [2.05, 4.69) is 0 Å². The van der Waals surface area contributed by atoms with Gasteiger partial charge in [-0.05, 0) is 11.6 Å². The molecule has 180 valence electrons. The molecule has 10 nitrogen and oxygen atoms in total. The average Bonchev–Trinajstić information content (AvgIpc) is 2.73. The van der Waals surface area contributed by atoms with E-state index in [-0.39, 0.29) is 6.61 Å². The normalized spacial score (nSPS) is 11.3. The van der Waals surface area contributed by atoms with Gasteiger partial charge in [0, 0.05) is 7.11 Å². The van der Waals surface area contributed by atoms with Gasteiger partial charge in [0.05, 0.1) is 106 Å². The van der Waals surface area contributed by atoms with Crippen LogP contribution in [-0.2, 0) is 47.4 Å². The molecule has 30 heavy (non-hydrogen) atoms. The van der Waals surface area contributed by atoms with Crippen molar-refractivity contribution in [3.63, 3.8) is 0 Å². The van der Waals surface area contributed by atoms with Gasteiger partial charge in [-0.15, -0.1) is 0 Å². The third-order valence-corrected chi connectivity index (χ3v) is 3.36. The highest BCUT2D eigenvalue weighted by atomic mass is 35.5. The Balaban J connectivity index is 2.99. The fraction of sp³-hybridized carbons (Fsp3) is 0.947. The van der Waals surface area contributed by atoms with Crippen molar-refractivity contribution in [2.75, 3.05) is 119 Å². The Kier molecular flexibility index (Phi) is 26.3. The highest BCUT2D eigenvalue weighted by Gasteiger charge is 1.96. The summed E-state index contributed by atoms with van der Waals surface area (Å²) in [5.74, 6) is 0. The minimum Gasteiger partial charge on any atom is -0.382 e. The summed E-state index contributed by atoms with van der Waals surface area (Å²) in [6.45, 7) is 7.89. The molecular formula is C19H37ClO10. The van der Waals surface area contributed by atoms with Gasteiger partial charge in [-0.3, -0.25) is 4.79 Å². The second kappa shape index (κ2) is 26.6. The predicted molar refractivity (Wildman–Crippen MR) is 109 cm³/mol. The maximum Gasteiger partial charge on any atom is 0.247 e. The van der Waals surface area contributed by atoms with Crippen LogP contribution in [-0.4, -0.2) is 125 Å². The van der Waals surface area contributed by atoms with Crippen molar-refractivity contribution in [2.45, 2.75) is 0 Å². The van der Waals surface area contributed by atoms with E-state index >= 15 is 0 Å². The molecule has 0 heterocycles. The number of hydrogen-bond donors (Lipinski definition) is 0. The van der Waals surface area contributed by atoms with Crippen LogP contribution in [0.2, 0.25) is 0 Å². The van der Waals surface area contributed by atoms with E-state index in [9.17, 15) is 4.79 Å². The van der Waals surface area contributed by atoms with E-state index in [0.29, 0.717) is 106 Å². The lowest BCUT2D eigenvalue weighted by Gasteiger charge is -2.08. The summed E-state index contributed by atoms with van der Waals surface area (Å²) in [5, 5.41) is -0.519. The van der Waals surface area contributed by atoms with Gasteiger partial charge in [0.1, 0.15) is 6.61 Å². The van der Waals surface area contributed by atoms with Crippen LogP contribution in [0.15, 0.2) is 0 Å². The topological polar surface area (TPSA) is 100 Å². The highest BCUT2D eigenvalue weighted by molar-refractivity contribution is 6.63. The summed E-state index contributed by atoms with van der Waals surface area (Å²) in [6.07, 6.45) is 0. The molecule has 0 aromatic carbocycles. The third-order valence-electron chi connectivity index (χ3n) is 3.25. The molecular weight excluding hydrogens is 424 g/mol. The van der Waals surface area contributed by atoms with Crippen molar-refractivity contribution in [2.24, 2.45) is 0 Å². The van der Waals surface area contributed by atoms with E-state index in [1.807, 2.05) is 0 Å². The molecule has 0 aromatic rings. The molecule has 0 aliphatic heterocycles. The van der Waals surface area contributed by atoms with E-state index < -0.39 is 5.24 Å². The van der Waals surface area contributed by atoms with Crippen LogP contribution in [0, 0.1) is 0 Å². The van der Waals surface area contributed by atoms with Gasteiger partial charge >= 0.3 is 0 Å². The SMILES string of the molecule is COCCOCCOCCOCCOCCOCCOCCOCCOCC(=O)Cl. The zero-order chi connectivity index (χ0) is 22.0. The van der Waals surface area contributed by atoms with Crippen molar-refractivity contribution in [1.82, 2.24) is 0 Å². The van der Waals surface area contributed by atoms with Crippen molar-refractivity contribution in [1.29, 1.82) is 0 Å². The zero-order valence-corrected chi connectivity index (χ0v) is 18.7. The fourth-order valence-electron chi connectivity index (χ4n) is 1.83. The van der Waals surface area contributed by atoms with Gasteiger partial charge in [-0.25, -0.2) is 0 Å². The molecule has 0 saturated carbocycles. The summed E-state index contributed by atoms with van der Waals surface area (Å²) in [7, 11) is 1.64. The van der Waals surface area contributed by atoms with Crippen LogP contribution in [0.3, 0.4) is 0 Å². The first-order valence-corrected chi connectivity index (χ1v) is 10.4. The molecule has 0 rings (SSSR count). The monoisotopic (exact) mass is 460 g/mol. The molecule has 0 spiro atoms. The summed E-state index contributed by atoms with van der Waals surface area (Å²) < 4.78 is 47.2. The van der Waals surface area contributed by atoms with Crippen LogP contribution >= 0.6 is 11.6 Å². The molecule has 11 heteroatoms. The molecule has 0 radical (unpaired) electrons. The quantitative estimate of drug-likeness (QED) is 0.134. The Hall–Kier alpha value is -0.400. The van der Waals surface area contributed by atoms with Gasteiger partial charge in [0.25, 0.3) is 0 Å². The van der Waals surface area contributed by atoms with Gasteiger partial charge < -0.3 is 42.6 Å². The molecule has 0 aliphatic rings. The van der Waals surface area contributed by atoms with Crippen molar-refractivity contribution < 1.29 is 47.4 Å². The minimum atomic E-state index is -0.519. The van der Waals surface area contributed by atoms with Crippen LogP contribution < -0.4 is 0 Å². The molecule has 0 atom stereocenters. The Morgan fingerprint density at radius 3 is 0.933 bits per heavy atom. The Bertz CT molecular complexity index is 349. The molecule has 0 fully saturated rings. The standard InChI is InChI=1S/C19H37ClO10/c1-22-2-3-23-4-5-24-6-7-25-8-9-26-10-11-27-12-13-28-14-15-29-16-17-30-18-19(20)21/h2-18H2,1H3. The number of carbonyl (C=O) groups excluding carboxylic acids is 1. The van der Waals surface area contributed by atoms with Crippen LogP contribution in [0.1, 0.15) is 0 Å². The van der Waals surface area contributed by atoms with E-state index in [0.717, 1.165) is 0 Å². The molecule has 0 amide bonds. The van der Waals surface area contributed by atoms with Crippen LogP contribution in [0.4, 0.5) is 0 Å². The van der Waals surface area contributed by atoms with Gasteiger partial charge in [0.2, 0.25) is 5.24 Å². The fourth-order valence-corrected chi connectivity index (χ4v) is 1.91. The van der Waals surface area contributed by atoms with Crippen LogP contribution in [0.5, 0.6) is 0 Å². The molecule has 0 N–H and O–H groups in total. The second-order valence-electron chi connectivity index (χ2n) is 5.69. The number of methoxy groups -OCH3 is 1. The molecule has 0 aromatic heterocycles. The summed E-state index contributed by atoms with van der Waals surface area (Å²) in [4.78, 5) is 10.4. The first-order chi connectivity index (χ1) is 14.8. The number of rotatable bonds is 26. The lowest BCUT2D eigenvalue weighted by molar-refractivity contribution is -0.116. The van der Waals surface area contributed by atoms with Gasteiger partial charge in [0.15, 0.2) is 0 Å². The molecule has 0 saturated heterocycles. The summed E-state index contributed by atoms with van der Waals surface area (Å²) >= 11 is 5.12. The van der Waals surface area contributed by atoms with Crippen molar-refractivity contribution >= 4 is 16.8 Å². The van der Waals surface area contributed by atoms with Crippen LogP contribution in [0.25, 0.3) is 0 Å². The van der Waals surface area contributed by atoms with E-state index in [1.54, 1.807) is 7.11 Å². The van der Waals surface area contributed by atoms with Crippen molar-refractivity contribution in [3.8, 4) is 0 Å². The third kappa shape index (κ3) is 27.6. The van der Waals surface area contributed by atoms with E-state index in [4.69, 9.17) is 54.2 Å². The Morgan fingerprint density at radius 1 is 0.467 bits per heavy atom. The first-order valence-electron chi connectivity index (χ1n) is 10.1. The number of halogens is 1. The van der Waals surface area contributed by atoms with Gasteiger partial charge in [-0.2, -0.15) is 0 Å². The van der Waals surface area contributed by atoms with Crippen molar-refractivity contribution in [3.05, 3.63) is 0 Å². The lowest BCUT2D eigenvalue weighted by Crippen LogP contribution is -2.15. The largest absolute Gasteiger partial charge is 0.382 e.